The average Bonchev–Trinajstić information content (AvgIpc) is 3.09. The van der Waals surface area contributed by atoms with Crippen molar-refractivity contribution in [1.82, 2.24) is 10.1 Å². The lowest BCUT2D eigenvalue weighted by atomic mass is 10.1. The summed E-state index contributed by atoms with van der Waals surface area (Å²) in [6.07, 6.45) is 0.981. The van der Waals surface area contributed by atoms with Crippen LogP contribution in [0.3, 0.4) is 0 Å². The lowest BCUT2D eigenvalue weighted by Gasteiger charge is -1.96. The van der Waals surface area contributed by atoms with Gasteiger partial charge in [-0.1, -0.05) is 30.3 Å². The van der Waals surface area contributed by atoms with Gasteiger partial charge in [0.1, 0.15) is 0 Å². The SMILES string of the molecule is CCOC(=O)c1noc(C2CC2c2ccccc2)n1. The van der Waals surface area contributed by atoms with Gasteiger partial charge in [-0.25, -0.2) is 4.79 Å². The Balaban J connectivity index is 1.71. The van der Waals surface area contributed by atoms with Gasteiger partial charge in [0.2, 0.25) is 5.89 Å². The number of aromatic nitrogens is 2. The highest BCUT2D eigenvalue weighted by Gasteiger charge is 2.43. The molecule has 2 atom stereocenters. The minimum Gasteiger partial charge on any atom is -0.460 e. The maximum atomic E-state index is 11.4. The maximum absolute atomic E-state index is 11.4. The van der Waals surface area contributed by atoms with Crippen molar-refractivity contribution < 1.29 is 14.1 Å². The fourth-order valence-electron chi connectivity index (χ4n) is 2.20. The molecule has 0 N–H and O–H groups in total. The van der Waals surface area contributed by atoms with Crippen LogP contribution in [0.15, 0.2) is 34.9 Å². The molecule has 1 heterocycles. The Morgan fingerprint density at radius 2 is 2.16 bits per heavy atom. The van der Waals surface area contributed by atoms with Crippen LogP contribution < -0.4 is 0 Å². The van der Waals surface area contributed by atoms with Gasteiger partial charge in [-0.2, -0.15) is 4.98 Å². The van der Waals surface area contributed by atoms with E-state index >= 15 is 0 Å². The standard InChI is InChI=1S/C14H14N2O3/c1-2-18-14(17)12-15-13(19-16-12)11-8-10(11)9-6-4-3-5-7-9/h3-7,10-11H,2,8H2,1H3. The van der Waals surface area contributed by atoms with Gasteiger partial charge >= 0.3 is 5.97 Å². The van der Waals surface area contributed by atoms with Crippen LogP contribution in [0.1, 0.15) is 47.3 Å². The Morgan fingerprint density at radius 1 is 1.37 bits per heavy atom. The van der Waals surface area contributed by atoms with Crippen molar-refractivity contribution in [2.24, 2.45) is 0 Å². The first-order valence-corrected chi connectivity index (χ1v) is 6.35. The molecule has 3 rings (SSSR count). The van der Waals surface area contributed by atoms with Crippen LogP contribution in [-0.4, -0.2) is 22.7 Å². The van der Waals surface area contributed by atoms with Crippen LogP contribution in [0.2, 0.25) is 0 Å². The number of esters is 1. The van der Waals surface area contributed by atoms with Gasteiger partial charge in [0, 0.05) is 5.92 Å². The summed E-state index contributed by atoms with van der Waals surface area (Å²) in [4.78, 5) is 15.6. The van der Waals surface area contributed by atoms with E-state index in [0.29, 0.717) is 18.4 Å². The number of carbonyl (C=O) groups is 1. The third-order valence-corrected chi connectivity index (χ3v) is 3.24. The zero-order valence-electron chi connectivity index (χ0n) is 10.6. The lowest BCUT2D eigenvalue weighted by Crippen LogP contribution is -2.06. The first-order valence-electron chi connectivity index (χ1n) is 6.35. The van der Waals surface area contributed by atoms with E-state index in [1.165, 1.54) is 5.56 Å². The second-order valence-electron chi connectivity index (χ2n) is 4.54. The highest BCUT2D eigenvalue weighted by Crippen LogP contribution is 2.53. The van der Waals surface area contributed by atoms with Gasteiger partial charge in [0.05, 0.1) is 6.61 Å². The summed E-state index contributed by atoms with van der Waals surface area (Å²) in [7, 11) is 0. The summed E-state index contributed by atoms with van der Waals surface area (Å²) in [5.74, 6) is 0.636. The molecular weight excluding hydrogens is 244 g/mol. The van der Waals surface area contributed by atoms with Gasteiger partial charge in [0.15, 0.2) is 0 Å². The van der Waals surface area contributed by atoms with E-state index in [4.69, 9.17) is 9.26 Å². The van der Waals surface area contributed by atoms with E-state index in [2.05, 4.69) is 22.3 Å². The number of hydrogen-bond acceptors (Lipinski definition) is 5. The van der Waals surface area contributed by atoms with Crippen molar-refractivity contribution in [3.63, 3.8) is 0 Å². The Kier molecular flexibility index (Phi) is 3.03. The van der Waals surface area contributed by atoms with Gasteiger partial charge in [-0.15, -0.1) is 0 Å². The minimum absolute atomic E-state index is 0.00978. The van der Waals surface area contributed by atoms with E-state index in [1.807, 2.05) is 18.2 Å². The molecule has 1 fully saturated rings. The molecule has 5 nitrogen and oxygen atoms in total. The second kappa shape index (κ2) is 4.84. The van der Waals surface area contributed by atoms with Crippen molar-refractivity contribution in [3.8, 4) is 0 Å². The highest BCUT2D eigenvalue weighted by atomic mass is 16.5. The first kappa shape index (κ1) is 11.9. The maximum Gasteiger partial charge on any atom is 0.379 e. The molecule has 0 aliphatic heterocycles. The quantitative estimate of drug-likeness (QED) is 0.788. The predicted molar refractivity (Wildman–Crippen MR) is 66.8 cm³/mol. The smallest absolute Gasteiger partial charge is 0.379 e. The molecule has 5 heteroatoms. The zero-order chi connectivity index (χ0) is 13.2. The summed E-state index contributed by atoms with van der Waals surface area (Å²) in [5, 5.41) is 3.66. The molecule has 0 bridgehead atoms. The topological polar surface area (TPSA) is 65.2 Å². The third-order valence-electron chi connectivity index (χ3n) is 3.24. The summed E-state index contributed by atoms with van der Waals surface area (Å²) < 4.78 is 9.97. The Labute approximate surface area is 110 Å². The van der Waals surface area contributed by atoms with Crippen molar-refractivity contribution in [2.75, 3.05) is 6.61 Å². The minimum atomic E-state index is -0.533. The van der Waals surface area contributed by atoms with Gasteiger partial charge in [-0.3, -0.25) is 0 Å². The number of ether oxygens (including phenoxy) is 1. The van der Waals surface area contributed by atoms with Crippen molar-refractivity contribution in [2.45, 2.75) is 25.2 Å². The van der Waals surface area contributed by atoms with Crippen LogP contribution in [0.25, 0.3) is 0 Å². The van der Waals surface area contributed by atoms with Gasteiger partial charge in [0.25, 0.3) is 5.82 Å². The van der Waals surface area contributed by atoms with E-state index < -0.39 is 5.97 Å². The van der Waals surface area contributed by atoms with Crippen molar-refractivity contribution in [1.29, 1.82) is 0 Å². The van der Waals surface area contributed by atoms with Gasteiger partial charge < -0.3 is 9.26 Å². The molecule has 1 saturated carbocycles. The fraction of sp³-hybridized carbons (Fsp3) is 0.357. The monoisotopic (exact) mass is 258 g/mol. The second-order valence-corrected chi connectivity index (χ2v) is 4.54. The molecule has 1 aromatic carbocycles. The lowest BCUT2D eigenvalue weighted by molar-refractivity contribution is 0.0508. The van der Waals surface area contributed by atoms with E-state index in [-0.39, 0.29) is 11.7 Å². The first-order chi connectivity index (χ1) is 9.29. The molecule has 98 valence electrons. The van der Waals surface area contributed by atoms with Gasteiger partial charge in [-0.05, 0) is 30.0 Å². The zero-order valence-corrected chi connectivity index (χ0v) is 10.6. The summed E-state index contributed by atoms with van der Waals surface area (Å²) in [5.41, 5.74) is 1.27. The van der Waals surface area contributed by atoms with Crippen LogP contribution in [0, 0.1) is 0 Å². The molecule has 2 unspecified atom stereocenters. The molecule has 2 aromatic rings. The number of hydrogen-bond donors (Lipinski definition) is 0. The Hall–Kier alpha value is -2.17. The molecule has 0 amide bonds. The Bertz CT molecular complexity index is 579. The number of nitrogens with zero attached hydrogens (tertiary/aromatic N) is 2. The summed E-state index contributed by atoms with van der Waals surface area (Å²) in [6.45, 7) is 2.05. The highest BCUT2D eigenvalue weighted by molar-refractivity contribution is 5.84. The molecule has 1 aliphatic rings. The third kappa shape index (κ3) is 2.36. The normalized spacial score (nSPS) is 21.1. The van der Waals surface area contributed by atoms with E-state index in [0.717, 1.165) is 6.42 Å². The van der Waals surface area contributed by atoms with E-state index in [9.17, 15) is 4.79 Å². The summed E-state index contributed by atoms with van der Waals surface area (Å²) in [6, 6.07) is 10.2. The number of benzene rings is 1. The average molecular weight is 258 g/mol. The Morgan fingerprint density at radius 3 is 2.89 bits per heavy atom. The van der Waals surface area contributed by atoms with Crippen molar-refractivity contribution in [3.05, 3.63) is 47.6 Å². The van der Waals surface area contributed by atoms with Crippen LogP contribution >= 0.6 is 0 Å². The number of rotatable bonds is 4. The number of carbonyl (C=O) groups excluding carboxylic acids is 1. The van der Waals surface area contributed by atoms with Crippen LogP contribution in [0.5, 0.6) is 0 Å². The molecule has 0 radical (unpaired) electrons. The molecule has 0 saturated heterocycles. The largest absolute Gasteiger partial charge is 0.460 e. The molecule has 1 aliphatic carbocycles. The molecular formula is C14H14N2O3. The van der Waals surface area contributed by atoms with E-state index in [1.54, 1.807) is 6.92 Å². The summed E-state index contributed by atoms with van der Waals surface area (Å²) >= 11 is 0. The molecule has 19 heavy (non-hydrogen) atoms. The fourth-order valence-corrected chi connectivity index (χ4v) is 2.20. The van der Waals surface area contributed by atoms with Crippen LogP contribution in [-0.2, 0) is 4.74 Å². The predicted octanol–water partition coefficient (Wildman–Crippen LogP) is 2.52. The van der Waals surface area contributed by atoms with Crippen LogP contribution in [0.4, 0.5) is 0 Å². The molecule has 0 spiro atoms. The van der Waals surface area contributed by atoms with Crippen molar-refractivity contribution >= 4 is 5.97 Å². The molecule has 1 aromatic heterocycles.